The molecule has 2 rings (SSSR count). The van der Waals surface area contributed by atoms with Gasteiger partial charge in [0, 0.05) is 32.1 Å². The van der Waals surface area contributed by atoms with Gasteiger partial charge in [-0.25, -0.2) is 15.8 Å². The molecule has 0 fully saturated rings. The zero-order valence-corrected chi connectivity index (χ0v) is 10.7. The first-order chi connectivity index (χ1) is 9.31. The van der Waals surface area contributed by atoms with E-state index in [9.17, 15) is 0 Å². The van der Waals surface area contributed by atoms with E-state index in [1.807, 2.05) is 16.9 Å². The summed E-state index contributed by atoms with van der Waals surface area (Å²) >= 11 is 0. The van der Waals surface area contributed by atoms with Gasteiger partial charge in [-0.2, -0.15) is 5.10 Å². The van der Waals surface area contributed by atoms with Crippen LogP contribution in [0.3, 0.4) is 0 Å². The molecule has 4 N–H and O–H groups in total. The lowest BCUT2D eigenvalue weighted by atomic mass is 10.4. The molecule has 0 amide bonds. The number of hydrogen-bond donors (Lipinski definition) is 3. The van der Waals surface area contributed by atoms with Crippen molar-refractivity contribution in [3.8, 4) is 0 Å². The van der Waals surface area contributed by atoms with E-state index in [0.29, 0.717) is 30.6 Å². The van der Waals surface area contributed by atoms with Crippen LogP contribution in [0.2, 0.25) is 0 Å². The van der Waals surface area contributed by atoms with E-state index in [0.717, 1.165) is 6.54 Å². The number of rotatable bonds is 7. The van der Waals surface area contributed by atoms with E-state index in [1.165, 1.54) is 0 Å². The molecule has 0 saturated heterocycles. The summed E-state index contributed by atoms with van der Waals surface area (Å²) in [6.07, 6.45) is 3.66. The predicted octanol–water partition coefficient (Wildman–Crippen LogP) is 0.217. The van der Waals surface area contributed by atoms with Crippen molar-refractivity contribution < 1.29 is 4.74 Å². The first-order valence-electron chi connectivity index (χ1n) is 5.86. The van der Waals surface area contributed by atoms with Gasteiger partial charge in [-0.05, 0) is 6.07 Å². The molecular weight excluding hydrogens is 246 g/mol. The molecule has 2 aromatic rings. The number of nitrogen functional groups attached to an aromatic ring is 1. The quantitative estimate of drug-likeness (QED) is 0.485. The van der Waals surface area contributed by atoms with Gasteiger partial charge in [0.05, 0.1) is 6.54 Å². The van der Waals surface area contributed by atoms with Crippen molar-refractivity contribution in [2.45, 2.75) is 13.2 Å². The molecule has 2 aromatic heterocycles. The van der Waals surface area contributed by atoms with Crippen LogP contribution in [-0.2, 0) is 17.9 Å². The second-order valence-corrected chi connectivity index (χ2v) is 3.83. The summed E-state index contributed by atoms with van der Waals surface area (Å²) in [6.45, 7) is 1.79. The lowest BCUT2D eigenvalue weighted by Crippen LogP contribution is -2.15. The normalized spacial score (nSPS) is 10.4. The third-order valence-electron chi connectivity index (χ3n) is 2.40. The highest BCUT2D eigenvalue weighted by molar-refractivity contribution is 5.46. The number of hydrazine groups is 1. The number of nitrogens with one attached hydrogen (secondary N) is 2. The van der Waals surface area contributed by atoms with E-state index in [-0.39, 0.29) is 0 Å². The molecule has 0 spiro atoms. The Kier molecular flexibility index (Phi) is 4.65. The minimum Gasteiger partial charge on any atom is -0.377 e. The van der Waals surface area contributed by atoms with Gasteiger partial charge in [0.1, 0.15) is 18.2 Å². The monoisotopic (exact) mass is 263 g/mol. The Hall–Kier alpha value is -2.19. The maximum Gasteiger partial charge on any atom is 0.158 e. The molecule has 0 unspecified atom stereocenters. The molecule has 0 aliphatic carbocycles. The number of methoxy groups -OCH3 is 1. The van der Waals surface area contributed by atoms with Crippen molar-refractivity contribution in [2.24, 2.45) is 5.84 Å². The standard InChI is InChI=1S/C11H17N7O/c1-19-8-11-15-9(7-10(16-11)17-12)13-4-6-18-5-2-3-14-18/h2-3,5,7H,4,6,8,12H2,1H3,(H2,13,15,16,17). The molecule has 0 bridgehead atoms. The van der Waals surface area contributed by atoms with Crippen LogP contribution < -0.4 is 16.6 Å². The van der Waals surface area contributed by atoms with Gasteiger partial charge in [-0.1, -0.05) is 0 Å². The van der Waals surface area contributed by atoms with Gasteiger partial charge in [0.15, 0.2) is 5.82 Å². The highest BCUT2D eigenvalue weighted by Crippen LogP contribution is 2.10. The van der Waals surface area contributed by atoms with Gasteiger partial charge >= 0.3 is 0 Å². The Morgan fingerprint density at radius 1 is 1.37 bits per heavy atom. The number of nitrogens with zero attached hydrogens (tertiary/aromatic N) is 4. The Morgan fingerprint density at radius 2 is 2.21 bits per heavy atom. The zero-order valence-electron chi connectivity index (χ0n) is 10.7. The fourth-order valence-corrected chi connectivity index (χ4v) is 1.59. The Bertz CT molecular complexity index is 500. The van der Waals surface area contributed by atoms with Gasteiger partial charge in [0.25, 0.3) is 0 Å². The van der Waals surface area contributed by atoms with Crippen LogP contribution >= 0.6 is 0 Å². The number of aromatic nitrogens is 4. The van der Waals surface area contributed by atoms with Gasteiger partial charge in [0.2, 0.25) is 0 Å². The van der Waals surface area contributed by atoms with Crippen molar-refractivity contribution in [3.63, 3.8) is 0 Å². The van der Waals surface area contributed by atoms with Crippen molar-refractivity contribution >= 4 is 11.6 Å². The molecule has 0 aliphatic rings. The summed E-state index contributed by atoms with van der Waals surface area (Å²) in [5.74, 6) is 7.18. The maximum atomic E-state index is 5.37. The molecule has 0 atom stereocenters. The Balaban J connectivity index is 1.96. The molecule has 8 nitrogen and oxygen atoms in total. The molecule has 2 heterocycles. The van der Waals surface area contributed by atoms with Crippen LogP contribution in [0.5, 0.6) is 0 Å². The second kappa shape index (κ2) is 6.66. The summed E-state index contributed by atoms with van der Waals surface area (Å²) in [5, 5.41) is 7.31. The largest absolute Gasteiger partial charge is 0.377 e. The van der Waals surface area contributed by atoms with Gasteiger partial charge < -0.3 is 15.5 Å². The van der Waals surface area contributed by atoms with E-state index >= 15 is 0 Å². The van der Waals surface area contributed by atoms with Crippen LogP contribution in [-0.4, -0.2) is 33.4 Å². The van der Waals surface area contributed by atoms with Crippen LogP contribution in [0.15, 0.2) is 24.5 Å². The number of anilines is 2. The summed E-state index contributed by atoms with van der Waals surface area (Å²) in [5.41, 5.74) is 2.51. The fourth-order valence-electron chi connectivity index (χ4n) is 1.59. The van der Waals surface area contributed by atoms with Crippen LogP contribution in [0.25, 0.3) is 0 Å². The van der Waals surface area contributed by atoms with Crippen molar-refractivity contribution in [1.29, 1.82) is 0 Å². The minimum absolute atomic E-state index is 0.337. The highest BCUT2D eigenvalue weighted by Gasteiger charge is 2.03. The molecule has 0 radical (unpaired) electrons. The van der Waals surface area contributed by atoms with Gasteiger partial charge in [-0.15, -0.1) is 0 Å². The average molecular weight is 263 g/mol. The smallest absolute Gasteiger partial charge is 0.158 e. The number of nitrogens with two attached hydrogens (primary N) is 1. The lowest BCUT2D eigenvalue weighted by molar-refractivity contribution is 0.178. The third kappa shape index (κ3) is 3.90. The maximum absolute atomic E-state index is 5.37. The summed E-state index contributed by atoms with van der Waals surface area (Å²) in [6, 6.07) is 3.63. The minimum atomic E-state index is 0.337. The van der Waals surface area contributed by atoms with Crippen molar-refractivity contribution in [2.75, 3.05) is 24.4 Å². The van der Waals surface area contributed by atoms with E-state index in [1.54, 1.807) is 19.4 Å². The second-order valence-electron chi connectivity index (χ2n) is 3.83. The third-order valence-corrected chi connectivity index (χ3v) is 2.40. The first-order valence-corrected chi connectivity index (χ1v) is 5.86. The highest BCUT2D eigenvalue weighted by atomic mass is 16.5. The molecule has 0 saturated carbocycles. The summed E-state index contributed by atoms with van der Waals surface area (Å²) in [7, 11) is 1.59. The van der Waals surface area contributed by atoms with Crippen LogP contribution in [0.4, 0.5) is 11.6 Å². The Labute approximate surface area is 111 Å². The summed E-state index contributed by atoms with van der Waals surface area (Å²) in [4.78, 5) is 8.49. The fraction of sp³-hybridized carbons (Fsp3) is 0.364. The van der Waals surface area contributed by atoms with E-state index in [2.05, 4.69) is 25.8 Å². The molecule has 102 valence electrons. The van der Waals surface area contributed by atoms with Gasteiger partial charge in [-0.3, -0.25) is 4.68 Å². The predicted molar refractivity (Wildman–Crippen MR) is 71.3 cm³/mol. The molecule has 8 heteroatoms. The Morgan fingerprint density at radius 3 is 2.89 bits per heavy atom. The SMILES string of the molecule is COCc1nc(NN)cc(NCCn2cccn2)n1. The number of hydrogen-bond acceptors (Lipinski definition) is 7. The van der Waals surface area contributed by atoms with Crippen LogP contribution in [0, 0.1) is 0 Å². The lowest BCUT2D eigenvalue weighted by Gasteiger charge is -2.09. The van der Waals surface area contributed by atoms with Crippen molar-refractivity contribution in [1.82, 2.24) is 19.7 Å². The first kappa shape index (κ1) is 13.2. The average Bonchev–Trinajstić information content (AvgIpc) is 2.92. The molecular formula is C11H17N7O. The number of ether oxygens (including phenoxy) is 1. The zero-order chi connectivity index (χ0) is 13.5. The van der Waals surface area contributed by atoms with Crippen LogP contribution in [0.1, 0.15) is 5.82 Å². The summed E-state index contributed by atoms with van der Waals surface area (Å²) < 4.78 is 6.85. The van der Waals surface area contributed by atoms with E-state index in [4.69, 9.17) is 10.6 Å². The topological polar surface area (TPSA) is 103 Å². The van der Waals surface area contributed by atoms with E-state index < -0.39 is 0 Å². The molecule has 19 heavy (non-hydrogen) atoms. The van der Waals surface area contributed by atoms with Crippen molar-refractivity contribution in [3.05, 3.63) is 30.4 Å². The molecule has 0 aliphatic heterocycles. The molecule has 0 aromatic carbocycles.